The number of benzene rings is 1. The highest BCUT2D eigenvalue weighted by molar-refractivity contribution is 7.93. The van der Waals surface area contributed by atoms with Gasteiger partial charge in [-0.2, -0.15) is 0 Å². The molecule has 0 N–H and O–H groups in total. The summed E-state index contributed by atoms with van der Waals surface area (Å²) in [6.07, 6.45) is 3.73. The second-order valence-corrected chi connectivity index (χ2v) is 4.55. The molecule has 0 heterocycles. The lowest BCUT2D eigenvalue weighted by atomic mass is 10.2. The number of unbranched alkanes of at least 4 members (excludes halogenated alkanes) is 2. The van der Waals surface area contributed by atoms with Crippen molar-refractivity contribution in [2.45, 2.75) is 31.9 Å². The molecule has 0 fully saturated rings. The zero-order valence-electron chi connectivity index (χ0n) is 10.1. The van der Waals surface area contributed by atoms with Crippen LogP contribution in [0, 0.1) is 0 Å². The summed E-state index contributed by atoms with van der Waals surface area (Å²) in [4.78, 5) is 0. The van der Waals surface area contributed by atoms with Gasteiger partial charge in [-0.15, -0.1) is 11.6 Å². The van der Waals surface area contributed by atoms with Crippen molar-refractivity contribution in [3.63, 3.8) is 0 Å². The Bertz CT molecular complexity index is 225. The van der Waals surface area contributed by atoms with E-state index in [2.05, 4.69) is 19.1 Å². The maximum absolute atomic E-state index is 5.38. The Hall–Kier alpha value is -0.180. The second kappa shape index (κ2) is 12.9. The predicted octanol–water partition coefficient (Wildman–Crippen LogP) is 4.90. The number of rotatable bonds is 6. The predicted molar refractivity (Wildman–Crippen MR) is 75.0 cm³/mol. The average molecular weight is 261 g/mol. The molecule has 0 radical (unpaired) electrons. The molecule has 0 unspecified atom stereocenters. The second-order valence-electron chi connectivity index (χ2n) is 3.31. The van der Waals surface area contributed by atoms with Crippen molar-refractivity contribution in [3.05, 3.63) is 35.9 Å². The molecule has 16 heavy (non-hydrogen) atoms. The number of hydrogen-bond donors (Lipinski definition) is 0. The average Bonchev–Trinajstić information content (AvgIpc) is 2.36. The maximum Gasteiger partial charge on any atom is 0.0503 e. The Labute approximate surface area is 109 Å². The smallest absolute Gasteiger partial charge is 0.0503 e. The molecule has 0 spiro atoms. The largest absolute Gasteiger partial charge is 0.318 e. The topological polar surface area (TPSA) is 9.23 Å². The van der Waals surface area contributed by atoms with Crippen LogP contribution in [0.4, 0.5) is 0 Å². The molecular weight excluding hydrogens is 240 g/mol. The summed E-state index contributed by atoms with van der Waals surface area (Å²) in [5.41, 5.74) is 1.30. The first-order chi connectivity index (χ1) is 7.85. The van der Waals surface area contributed by atoms with Crippen molar-refractivity contribution in [3.8, 4) is 0 Å². The molecule has 0 saturated heterocycles. The minimum atomic E-state index is 0.827. The van der Waals surface area contributed by atoms with Gasteiger partial charge in [0, 0.05) is 11.6 Å². The van der Waals surface area contributed by atoms with E-state index < -0.39 is 0 Å². The van der Waals surface area contributed by atoms with E-state index in [0.717, 1.165) is 11.6 Å². The van der Waals surface area contributed by atoms with Crippen LogP contribution in [-0.4, -0.2) is 13.0 Å². The lowest BCUT2D eigenvalue weighted by molar-refractivity contribution is 0.489. The van der Waals surface area contributed by atoms with E-state index in [1.54, 1.807) is 7.11 Å². The van der Waals surface area contributed by atoms with Gasteiger partial charge in [0.05, 0.1) is 7.11 Å². The normalized spacial score (nSPS) is 9.44. The summed E-state index contributed by atoms with van der Waals surface area (Å²) < 4.78 is 4.86. The van der Waals surface area contributed by atoms with E-state index in [9.17, 15) is 0 Å². The van der Waals surface area contributed by atoms with E-state index in [4.69, 9.17) is 15.8 Å². The molecule has 3 heteroatoms. The van der Waals surface area contributed by atoms with E-state index in [1.165, 1.54) is 36.9 Å². The summed E-state index contributed by atoms with van der Waals surface area (Å²) in [5.74, 6) is 1.76. The number of halogens is 1. The maximum atomic E-state index is 5.38. The lowest BCUT2D eigenvalue weighted by Gasteiger charge is -1.96. The summed E-state index contributed by atoms with van der Waals surface area (Å²) in [5, 5.41) is 0. The van der Waals surface area contributed by atoms with Crippen molar-refractivity contribution in [2.24, 2.45) is 0 Å². The fourth-order valence-electron chi connectivity index (χ4n) is 1.05. The van der Waals surface area contributed by atoms with Crippen molar-refractivity contribution in [1.82, 2.24) is 0 Å². The Morgan fingerprint density at radius 1 is 1.19 bits per heavy atom. The molecule has 1 rings (SSSR count). The Morgan fingerprint density at radius 2 is 1.88 bits per heavy atom. The third kappa shape index (κ3) is 10.3. The van der Waals surface area contributed by atoms with Crippen LogP contribution >= 0.6 is 23.6 Å². The molecule has 0 bridgehead atoms. The van der Waals surface area contributed by atoms with Crippen LogP contribution < -0.4 is 0 Å². The monoisotopic (exact) mass is 260 g/mol. The van der Waals surface area contributed by atoms with Gasteiger partial charge in [-0.05, 0) is 24.0 Å². The fraction of sp³-hybridized carbons (Fsp3) is 0.538. The molecule has 0 saturated carbocycles. The van der Waals surface area contributed by atoms with Crippen molar-refractivity contribution in [2.75, 3.05) is 13.0 Å². The fourth-order valence-corrected chi connectivity index (χ4v) is 1.68. The van der Waals surface area contributed by atoms with Crippen LogP contribution in [0.1, 0.15) is 31.7 Å². The minimum absolute atomic E-state index is 0.827. The first kappa shape index (κ1) is 15.8. The molecule has 0 aromatic heterocycles. The quantitative estimate of drug-likeness (QED) is 0.409. The molecule has 1 aromatic carbocycles. The van der Waals surface area contributed by atoms with Crippen molar-refractivity contribution >= 4 is 23.6 Å². The van der Waals surface area contributed by atoms with Crippen LogP contribution in [0.25, 0.3) is 0 Å². The van der Waals surface area contributed by atoms with Gasteiger partial charge in [0.2, 0.25) is 0 Å². The Balaban J connectivity index is 0.000000325. The molecule has 1 nitrogen and oxygen atoms in total. The number of hydrogen-bond acceptors (Lipinski definition) is 2. The SMILES string of the molecule is CCCCCCl.COSCc1ccccc1. The standard InChI is InChI=1S/C8H10OS.C5H11Cl/c1-9-10-7-8-5-3-2-4-6-8;1-2-3-4-5-6/h2-6H,7H2,1H3;2-5H2,1H3. The molecule has 1 aromatic rings. The van der Waals surface area contributed by atoms with Crippen LogP contribution in [0.3, 0.4) is 0 Å². The van der Waals surface area contributed by atoms with Gasteiger partial charge in [0.25, 0.3) is 0 Å². The molecule has 0 amide bonds. The third-order valence-corrected chi connectivity index (χ3v) is 2.88. The van der Waals surface area contributed by atoms with Crippen molar-refractivity contribution in [1.29, 1.82) is 0 Å². The lowest BCUT2D eigenvalue weighted by Crippen LogP contribution is -1.77. The molecule has 0 atom stereocenters. The molecule has 0 aliphatic carbocycles. The zero-order chi connectivity index (χ0) is 12.1. The van der Waals surface area contributed by atoms with E-state index in [-0.39, 0.29) is 0 Å². The van der Waals surface area contributed by atoms with Gasteiger partial charge in [-0.3, -0.25) is 0 Å². The molecule has 0 aliphatic heterocycles. The van der Waals surface area contributed by atoms with Crippen LogP contribution in [-0.2, 0) is 9.94 Å². The summed E-state index contributed by atoms with van der Waals surface area (Å²) in [7, 11) is 1.69. The highest BCUT2D eigenvalue weighted by Crippen LogP contribution is 2.10. The first-order valence-electron chi connectivity index (χ1n) is 5.60. The van der Waals surface area contributed by atoms with E-state index in [0.29, 0.717) is 0 Å². The highest BCUT2D eigenvalue weighted by Gasteiger charge is 1.88. The van der Waals surface area contributed by atoms with Crippen molar-refractivity contribution < 1.29 is 4.18 Å². The molecule has 92 valence electrons. The van der Waals surface area contributed by atoms with Crippen LogP contribution in [0.15, 0.2) is 30.3 Å². The minimum Gasteiger partial charge on any atom is -0.318 e. The number of alkyl halides is 1. The summed E-state index contributed by atoms with van der Waals surface area (Å²) >= 11 is 6.84. The summed E-state index contributed by atoms with van der Waals surface area (Å²) in [6.45, 7) is 2.17. The van der Waals surface area contributed by atoms with Crippen LogP contribution in [0.2, 0.25) is 0 Å². The Morgan fingerprint density at radius 3 is 2.31 bits per heavy atom. The summed E-state index contributed by atoms with van der Waals surface area (Å²) in [6, 6.07) is 10.3. The zero-order valence-corrected chi connectivity index (χ0v) is 11.7. The van der Waals surface area contributed by atoms with E-state index in [1.807, 2.05) is 18.2 Å². The highest BCUT2D eigenvalue weighted by atomic mass is 35.5. The van der Waals surface area contributed by atoms with Gasteiger partial charge < -0.3 is 4.18 Å². The van der Waals surface area contributed by atoms with Gasteiger partial charge in [0.1, 0.15) is 0 Å². The van der Waals surface area contributed by atoms with Gasteiger partial charge >= 0.3 is 0 Å². The third-order valence-electron chi connectivity index (χ3n) is 1.92. The van der Waals surface area contributed by atoms with Gasteiger partial charge in [0.15, 0.2) is 0 Å². The van der Waals surface area contributed by atoms with E-state index >= 15 is 0 Å². The van der Waals surface area contributed by atoms with Crippen LogP contribution in [0.5, 0.6) is 0 Å². The first-order valence-corrected chi connectivity index (χ1v) is 7.05. The Kier molecular flexibility index (Phi) is 12.7. The molecule has 0 aliphatic rings. The van der Waals surface area contributed by atoms with Gasteiger partial charge in [-0.25, -0.2) is 0 Å². The molecular formula is C13H21ClOS. The van der Waals surface area contributed by atoms with Gasteiger partial charge in [-0.1, -0.05) is 50.1 Å².